The van der Waals surface area contributed by atoms with Gasteiger partial charge in [0.15, 0.2) is 11.5 Å². The van der Waals surface area contributed by atoms with Gasteiger partial charge in [0.1, 0.15) is 17.0 Å². The molecule has 1 aliphatic rings. The predicted octanol–water partition coefficient (Wildman–Crippen LogP) is 5.68. The van der Waals surface area contributed by atoms with Gasteiger partial charge >= 0.3 is 0 Å². The molecule has 0 atom stereocenters. The summed E-state index contributed by atoms with van der Waals surface area (Å²) in [5.41, 5.74) is 2.81. The number of fused-ring (bicyclic) bond motifs is 2. The molecule has 1 saturated carbocycles. The fourth-order valence-electron chi connectivity index (χ4n) is 4.51. The summed E-state index contributed by atoms with van der Waals surface area (Å²) in [6, 6.07) is 16.1. The largest absolute Gasteiger partial charge is 0.491 e. The van der Waals surface area contributed by atoms with Crippen LogP contribution < -0.4 is 4.74 Å². The molecule has 0 radical (unpaired) electrons. The van der Waals surface area contributed by atoms with E-state index in [0.29, 0.717) is 5.41 Å². The van der Waals surface area contributed by atoms with Gasteiger partial charge in [-0.3, -0.25) is 4.40 Å². The molecule has 3 aromatic heterocycles. The molecule has 5 heteroatoms. The van der Waals surface area contributed by atoms with Gasteiger partial charge in [-0.2, -0.15) is 0 Å². The molecule has 1 aromatic carbocycles. The number of pyridine rings is 2. The maximum Gasteiger partial charge on any atom is 0.187 e. The molecule has 29 heavy (non-hydrogen) atoms. The Balaban J connectivity index is 1.50. The van der Waals surface area contributed by atoms with E-state index in [2.05, 4.69) is 29.3 Å². The minimum absolute atomic E-state index is 0.307. The van der Waals surface area contributed by atoms with E-state index in [1.165, 1.54) is 38.5 Å². The minimum Gasteiger partial charge on any atom is -0.491 e. The first-order chi connectivity index (χ1) is 14.3. The molecule has 4 aromatic rings. The SMILES string of the molecule is CCC1(COc2cccc3ccc(-c4nnc5ccccn45)nc23)CCCCC1. The lowest BCUT2D eigenvalue weighted by Crippen LogP contribution is -2.30. The Hall–Kier alpha value is -2.95. The summed E-state index contributed by atoms with van der Waals surface area (Å²) in [5, 5.41) is 9.69. The summed E-state index contributed by atoms with van der Waals surface area (Å²) in [5.74, 6) is 1.60. The Morgan fingerprint density at radius 3 is 2.72 bits per heavy atom. The summed E-state index contributed by atoms with van der Waals surface area (Å²) in [7, 11) is 0. The molecule has 1 aliphatic carbocycles. The Kier molecular flexibility index (Phi) is 4.66. The van der Waals surface area contributed by atoms with Crippen LogP contribution in [0.15, 0.2) is 54.7 Å². The molecule has 5 nitrogen and oxygen atoms in total. The maximum atomic E-state index is 6.41. The molecule has 0 saturated heterocycles. The molecule has 148 valence electrons. The zero-order chi connectivity index (χ0) is 19.7. The van der Waals surface area contributed by atoms with Crippen LogP contribution in [0.5, 0.6) is 5.75 Å². The van der Waals surface area contributed by atoms with Crippen molar-refractivity contribution in [2.75, 3.05) is 6.61 Å². The van der Waals surface area contributed by atoms with E-state index in [1.807, 2.05) is 47.0 Å². The normalized spacial score (nSPS) is 16.3. The zero-order valence-corrected chi connectivity index (χ0v) is 16.8. The monoisotopic (exact) mass is 386 g/mol. The lowest BCUT2D eigenvalue weighted by atomic mass is 9.73. The highest BCUT2D eigenvalue weighted by atomic mass is 16.5. The standard InChI is InChI=1S/C24H26N4O/c1-2-24(14-5-3-6-15-24)17-29-20-10-8-9-18-12-13-19(25-22(18)20)23-27-26-21-11-4-7-16-28(21)23/h4,7-13,16H,2-3,5-6,14-15,17H2,1H3. The van der Waals surface area contributed by atoms with Crippen molar-refractivity contribution in [3.63, 3.8) is 0 Å². The van der Waals surface area contributed by atoms with Gasteiger partial charge in [-0.15, -0.1) is 10.2 Å². The maximum absolute atomic E-state index is 6.41. The highest BCUT2D eigenvalue weighted by molar-refractivity contribution is 5.86. The number of hydrogen-bond acceptors (Lipinski definition) is 4. The summed E-state index contributed by atoms with van der Waals surface area (Å²) in [6.45, 7) is 3.06. The third kappa shape index (κ3) is 3.35. The van der Waals surface area contributed by atoms with Crippen molar-refractivity contribution < 1.29 is 4.74 Å². The summed E-state index contributed by atoms with van der Waals surface area (Å²) in [6.07, 6.45) is 9.64. The number of ether oxygens (including phenoxy) is 1. The lowest BCUT2D eigenvalue weighted by Gasteiger charge is -2.36. The summed E-state index contributed by atoms with van der Waals surface area (Å²) in [4.78, 5) is 4.93. The highest BCUT2D eigenvalue weighted by Crippen LogP contribution is 2.40. The van der Waals surface area contributed by atoms with Crippen LogP contribution >= 0.6 is 0 Å². The van der Waals surface area contributed by atoms with Gasteiger partial charge in [0, 0.05) is 17.0 Å². The summed E-state index contributed by atoms with van der Waals surface area (Å²) >= 11 is 0. The van der Waals surface area contributed by atoms with Crippen molar-refractivity contribution in [1.82, 2.24) is 19.6 Å². The van der Waals surface area contributed by atoms with Crippen molar-refractivity contribution in [2.45, 2.75) is 45.4 Å². The number of aromatic nitrogens is 4. The lowest BCUT2D eigenvalue weighted by molar-refractivity contribution is 0.0934. The number of nitrogens with zero attached hydrogens (tertiary/aromatic N) is 4. The Morgan fingerprint density at radius 2 is 1.86 bits per heavy atom. The highest BCUT2D eigenvalue weighted by Gasteiger charge is 2.31. The summed E-state index contributed by atoms with van der Waals surface area (Å²) < 4.78 is 8.37. The van der Waals surface area contributed by atoms with Crippen LogP contribution in [-0.4, -0.2) is 26.2 Å². The first kappa shape index (κ1) is 18.1. The third-order valence-electron chi connectivity index (χ3n) is 6.42. The second kappa shape index (κ2) is 7.47. The number of rotatable bonds is 5. The second-order valence-corrected chi connectivity index (χ2v) is 8.18. The van der Waals surface area contributed by atoms with Crippen LogP contribution in [0.2, 0.25) is 0 Å². The molecule has 0 N–H and O–H groups in total. The van der Waals surface area contributed by atoms with E-state index in [9.17, 15) is 0 Å². The Bertz CT molecular complexity index is 1140. The number of benzene rings is 1. The smallest absolute Gasteiger partial charge is 0.187 e. The van der Waals surface area contributed by atoms with Crippen molar-refractivity contribution in [3.8, 4) is 17.3 Å². The van der Waals surface area contributed by atoms with Crippen molar-refractivity contribution in [2.24, 2.45) is 5.41 Å². The first-order valence-electron chi connectivity index (χ1n) is 10.6. The van der Waals surface area contributed by atoms with Crippen molar-refractivity contribution in [3.05, 3.63) is 54.7 Å². The molecule has 0 amide bonds. The van der Waals surface area contributed by atoms with E-state index < -0.39 is 0 Å². The number of para-hydroxylation sites is 1. The topological polar surface area (TPSA) is 52.3 Å². The molecular formula is C24H26N4O. The van der Waals surface area contributed by atoms with E-state index >= 15 is 0 Å². The average molecular weight is 386 g/mol. The van der Waals surface area contributed by atoms with Gasteiger partial charge in [-0.25, -0.2) is 4.98 Å². The molecule has 3 heterocycles. The molecule has 1 fully saturated rings. The van der Waals surface area contributed by atoms with Crippen LogP contribution in [0.1, 0.15) is 45.4 Å². The molecule has 0 unspecified atom stereocenters. The molecular weight excluding hydrogens is 360 g/mol. The first-order valence-corrected chi connectivity index (χ1v) is 10.6. The van der Waals surface area contributed by atoms with E-state index in [-0.39, 0.29) is 0 Å². The second-order valence-electron chi connectivity index (χ2n) is 8.18. The van der Waals surface area contributed by atoms with Crippen LogP contribution in [0, 0.1) is 5.41 Å². The minimum atomic E-state index is 0.307. The van der Waals surface area contributed by atoms with Gasteiger partial charge in [0.05, 0.1) is 6.61 Å². The van der Waals surface area contributed by atoms with Crippen molar-refractivity contribution >= 4 is 16.6 Å². The van der Waals surface area contributed by atoms with E-state index in [1.54, 1.807) is 0 Å². The molecule has 0 spiro atoms. The van der Waals surface area contributed by atoms with Gasteiger partial charge in [0.25, 0.3) is 0 Å². The van der Waals surface area contributed by atoms with E-state index in [4.69, 9.17) is 9.72 Å². The van der Waals surface area contributed by atoms with E-state index in [0.717, 1.165) is 40.4 Å². The van der Waals surface area contributed by atoms with Gasteiger partial charge in [-0.05, 0) is 43.5 Å². The zero-order valence-electron chi connectivity index (χ0n) is 16.8. The fourth-order valence-corrected chi connectivity index (χ4v) is 4.51. The molecule has 0 bridgehead atoms. The van der Waals surface area contributed by atoms with Crippen LogP contribution in [0.4, 0.5) is 0 Å². The Morgan fingerprint density at radius 1 is 0.966 bits per heavy atom. The fraction of sp³-hybridized carbons (Fsp3) is 0.375. The Labute approximate surface area is 170 Å². The van der Waals surface area contributed by atoms with Gasteiger partial charge in [-0.1, -0.05) is 50.5 Å². The van der Waals surface area contributed by atoms with Crippen molar-refractivity contribution in [1.29, 1.82) is 0 Å². The predicted molar refractivity (Wildman–Crippen MR) is 115 cm³/mol. The number of hydrogen-bond donors (Lipinski definition) is 0. The van der Waals surface area contributed by atoms with Crippen LogP contribution in [0.3, 0.4) is 0 Å². The molecule has 0 aliphatic heterocycles. The average Bonchev–Trinajstić information content (AvgIpc) is 3.22. The molecule has 5 rings (SSSR count). The van der Waals surface area contributed by atoms with Crippen LogP contribution in [0.25, 0.3) is 28.1 Å². The van der Waals surface area contributed by atoms with Crippen LogP contribution in [-0.2, 0) is 0 Å². The van der Waals surface area contributed by atoms with Gasteiger partial charge < -0.3 is 4.74 Å². The third-order valence-corrected chi connectivity index (χ3v) is 6.42. The quantitative estimate of drug-likeness (QED) is 0.442. The van der Waals surface area contributed by atoms with Gasteiger partial charge in [0.2, 0.25) is 0 Å².